The van der Waals surface area contributed by atoms with Crippen LogP contribution in [0, 0.1) is 10.1 Å². The normalized spacial score (nSPS) is 9.78. The maximum Gasteiger partial charge on any atom is 0.338 e. The van der Waals surface area contributed by atoms with Gasteiger partial charge < -0.3 is 4.74 Å². The average molecular weight is 315 g/mol. The molecule has 0 saturated carbocycles. The van der Waals surface area contributed by atoms with Crippen molar-refractivity contribution in [2.24, 2.45) is 0 Å². The molecule has 2 aromatic carbocycles. The zero-order valence-electron chi connectivity index (χ0n) is 12.1. The minimum absolute atomic E-state index is 0.0389. The molecule has 0 atom stereocenters. The first-order valence-corrected chi connectivity index (χ1v) is 6.50. The summed E-state index contributed by atoms with van der Waals surface area (Å²) in [6.07, 6.45) is 0. The van der Waals surface area contributed by atoms with Crippen LogP contribution in [0.4, 0.5) is 11.4 Å². The lowest BCUT2D eigenvalue weighted by Gasteiger charge is -2.09. The lowest BCUT2D eigenvalue weighted by atomic mass is 10.1. The predicted molar refractivity (Wildman–Crippen MR) is 82.0 cm³/mol. The number of hydrogen-bond donors (Lipinski definition) is 2. The highest BCUT2D eigenvalue weighted by molar-refractivity contribution is 5.99. The largest absolute Gasteiger partial charge is 0.465 e. The molecule has 0 radical (unpaired) electrons. The van der Waals surface area contributed by atoms with E-state index in [0.717, 1.165) is 19.2 Å². The highest BCUT2D eigenvalue weighted by atomic mass is 16.6. The van der Waals surface area contributed by atoms with Gasteiger partial charge in [0.05, 0.1) is 23.3 Å². The number of hydrazine groups is 1. The molecule has 8 nitrogen and oxygen atoms in total. The number of amides is 1. The maximum atomic E-state index is 12.1. The molecule has 0 spiro atoms. The Morgan fingerprint density at radius 1 is 1.09 bits per heavy atom. The molecule has 0 aliphatic heterocycles. The molecule has 1 amide bonds. The molecule has 0 saturated heterocycles. The van der Waals surface area contributed by atoms with Crippen LogP contribution in [-0.2, 0) is 4.74 Å². The minimum Gasteiger partial charge on any atom is -0.465 e. The molecule has 2 rings (SSSR count). The number of nitrogens with one attached hydrogen (secondary N) is 2. The molecule has 118 valence electrons. The number of anilines is 1. The summed E-state index contributed by atoms with van der Waals surface area (Å²) in [6, 6.07) is 12.2. The summed E-state index contributed by atoms with van der Waals surface area (Å²) in [4.78, 5) is 33.9. The summed E-state index contributed by atoms with van der Waals surface area (Å²) in [7, 11) is 1.15. The smallest absolute Gasteiger partial charge is 0.338 e. The number of nitro benzene ring substituents is 1. The van der Waals surface area contributed by atoms with Crippen LogP contribution in [0.15, 0.2) is 48.5 Å². The van der Waals surface area contributed by atoms with E-state index in [0.29, 0.717) is 5.69 Å². The molecule has 2 N–H and O–H groups in total. The van der Waals surface area contributed by atoms with Crippen LogP contribution < -0.4 is 10.9 Å². The summed E-state index contributed by atoms with van der Waals surface area (Å²) < 4.78 is 4.53. The number of carbonyl (C=O) groups is 2. The lowest BCUT2D eigenvalue weighted by Crippen LogP contribution is -2.29. The second kappa shape index (κ2) is 7.03. The molecule has 0 unspecified atom stereocenters. The Morgan fingerprint density at radius 2 is 1.74 bits per heavy atom. The fourth-order valence-electron chi connectivity index (χ4n) is 1.81. The van der Waals surface area contributed by atoms with Crippen molar-refractivity contribution in [3.63, 3.8) is 0 Å². The Kier molecular flexibility index (Phi) is 4.88. The number of para-hydroxylation sites is 1. The molecule has 23 heavy (non-hydrogen) atoms. The highest BCUT2D eigenvalue weighted by Gasteiger charge is 2.18. The molecule has 0 fully saturated rings. The fourth-order valence-corrected chi connectivity index (χ4v) is 1.81. The Morgan fingerprint density at radius 3 is 2.35 bits per heavy atom. The highest BCUT2D eigenvalue weighted by Crippen LogP contribution is 2.18. The average Bonchev–Trinajstić information content (AvgIpc) is 2.59. The van der Waals surface area contributed by atoms with E-state index >= 15 is 0 Å². The van der Waals surface area contributed by atoms with Gasteiger partial charge in [0.25, 0.3) is 11.6 Å². The molecule has 8 heteroatoms. The third-order valence-corrected chi connectivity index (χ3v) is 2.91. The van der Waals surface area contributed by atoms with E-state index in [4.69, 9.17) is 0 Å². The first kappa shape index (κ1) is 16.0. The van der Waals surface area contributed by atoms with Gasteiger partial charge in [-0.3, -0.25) is 25.8 Å². The zero-order chi connectivity index (χ0) is 16.8. The molecule has 0 aliphatic rings. The first-order chi connectivity index (χ1) is 11.0. The van der Waals surface area contributed by atoms with E-state index in [-0.39, 0.29) is 16.8 Å². The number of carbonyl (C=O) groups excluding carboxylic acids is 2. The topological polar surface area (TPSA) is 111 Å². The number of nitro groups is 1. The number of esters is 1. The van der Waals surface area contributed by atoms with Crippen molar-refractivity contribution in [2.75, 3.05) is 12.5 Å². The van der Waals surface area contributed by atoms with Crippen LogP contribution in [0.1, 0.15) is 20.7 Å². The Labute approximate surface area is 131 Å². The molecule has 0 aromatic heterocycles. The van der Waals surface area contributed by atoms with E-state index in [9.17, 15) is 19.7 Å². The van der Waals surface area contributed by atoms with Crippen molar-refractivity contribution in [1.29, 1.82) is 0 Å². The number of rotatable bonds is 5. The van der Waals surface area contributed by atoms with Crippen molar-refractivity contribution in [3.05, 3.63) is 69.8 Å². The molecular formula is C15H13N3O5. The minimum atomic E-state index is -0.765. The van der Waals surface area contributed by atoms with Crippen molar-refractivity contribution >= 4 is 23.3 Å². The quantitative estimate of drug-likeness (QED) is 0.497. The molecule has 2 aromatic rings. The van der Waals surface area contributed by atoms with Crippen LogP contribution in [0.2, 0.25) is 0 Å². The van der Waals surface area contributed by atoms with Crippen molar-refractivity contribution in [1.82, 2.24) is 5.43 Å². The van der Waals surface area contributed by atoms with Crippen LogP contribution in [-0.4, -0.2) is 23.9 Å². The van der Waals surface area contributed by atoms with Gasteiger partial charge in [-0.25, -0.2) is 4.79 Å². The molecule has 0 heterocycles. The van der Waals surface area contributed by atoms with E-state index < -0.39 is 16.8 Å². The molecule has 0 aliphatic carbocycles. The van der Waals surface area contributed by atoms with Gasteiger partial charge in [-0.1, -0.05) is 18.2 Å². The Hall–Kier alpha value is -3.42. The van der Waals surface area contributed by atoms with Crippen molar-refractivity contribution in [2.45, 2.75) is 0 Å². The maximum absolute atomic E-state index is 12.1. The summed E-state index contributed by atoms with van der Waals surface area (Å²) in [5.41, 5.74) is 5.22. The summed E-state index contributed by atoms with van der Waals surface area (Å²) in [5.74, 6) is -1.39. The third-order valence-electron chi connectivity index (χ3n) is 2.91. The summed E-state index contributed by atoms with van der Waals surface area (Å²) in [5, 5.41) is 10.9. The monoisotopic (exact) mass is 315 g/mol. The second-order valence-electron chi connectivity index (χ2n) is 4.46. The van der Waals surface area contributed by atoms with Gasteiger partial charge in [0.2, 0.25) is 0 Å². The number of benzene rings is 2. The standard InChI is InChI=1S/C15H13N3O5/c1-23-15(20)11-7-10(8-13(9-11)18(21)22)14(19)17-16-12-5-3-2-4-6-12/h2-9,16H,1H3,(H,17,19). The van der Waals surface area contributed by atoms with Gasteiger partial charge in [-0.2, -0.15) is 0 Å². The number of hydrogen-bond acceptors (Lipinski definition) is 6. The zero-order valence-corrected chi connectivity index (χ0v) is 12.1. The van der Waals surface area contributed by atoms with Crippen LogP contribution in [0.5, 0.6) is 0 Å². The van der Waals surface area contributed by atoms with Crippen molar-refractivity contribution < 1.29 is 19.2 Å². The second-order valence-corrected chi connectivity index (χ2v) is 4.46. The Balaban J connectivity index is 2.23. The third kappa shape index (κ3) is 4.03. The fraction of sp³-hybridized carbons (Fsp3) is 0.0667. The number of ether oxygens (including phenoxy) is 1. The lowest BCUT2D eigenvalue weighted by molar-refractivity contribution is -0.384. The van der Waals surface area contributed by atoms with Crippen molar-refractivity contribution in [3.8, 4) is 0 Å². The Bertz CT molecular complexity index is 746. The van der Waals surface area contributed by atoms with E-state index in [1.807, 2.05) is 6.07 Å². The summed E-state index contributed by atoms with van der Waals surface area (Å²) in [6.45, 7) is 0. The predicted octanol–water partition coefficient (Wildman–Crippen LogP) is 2.14. The van der Waals surface area contributed by atoms with Crippen LogP contribution >= 0.6 is 0 Å². The number of nitrogens with zero attached hydrogens (tertiary/aromatic N) is 1. The van der Waals surface area contributed by atoms with Gasteiger partial charge in [0, 0.05) is 17.7 Å². The summed E-state index contributed by atoms with van der Waals surface area (Å²) >= 11 is 0. The van der Waals surface area contributed by atoms with Gasteiger partial charge in [0.1, 0.15) is 0 Å². The van der Waals surface area contributed by atoms with E-state index in [2.05, 4.69) is 15.6 Å². The first-order valence-electron chi connectivity index (χ1n) is 6.50. The molecular weight excluding hydrogens is 302 g/mol. The number of non-ortho nitro benzene ring substituents is 1. The van der Waals surface area contributed by atoms with Gasteiger partial charge in [0.15, 0.2) is 0 Å². The molecule has 0 bridgehead atoms. The van der Waals surface area contributed by atoms with Gasteiger partial charge in [-0.15, -0.1) is 0 Å². The van der Waals surface area contributed by atoms with Gasteiger partial charge in [-0.05, 0) is 18.2 Å². The van der Waals surface area contributed by atoms with Crippen LogP contribution in [0.3, 0.4) is 0 Å². The van der Waals surface area contributed by atoms with E-state index in [1.54, 1.807) is 24.3 Å². The SMILES string of the molecule is COC(=O)c1cc(C(=O)NNc2ccccc2)cc([N+](=O)[O-])c1. The number of methoxy groups -OCH3 is 1. The van der Waals surface area contributed by atoms with E-state index in [1.165, 1.54) is 6.07 Å². The van der Waals surface area contributed by atoms with Gasteiger partial charge >= 0.3 is 5.97 Å². The van der Waals surface area contributed by atoms with Crippen LogP contribution in [0.25, 0.3) is 0 Å².